The predicted molar refractivity (Wildman–Crippen MR) is 69.3 cm³/mol. The topological polar surface area (TPSA) is 47.6 Å². The monoisotopic (exact) mass is 255 g/mol. The van der Waals surface area contributed by atoms with Crippen LogP contribution in [0.4, 0.5) is 0 Å². The Bertz CT molecular complexity index is 245. The zero-order chi connectivity index (χ0) is 12.6. The summed E-state index contributed by atoms with van der Waals surface area (Å²) in [6.45, 7) is 4.01. The van der Waals surface area contributed by atoms with E-state index < -0.39 is 0 Å². The highest BCUT2D eigenvalue weighted by Crippen LogP contribution is 2.24. The first kappa shape index (κ1) is 13.8. The second-order valence-electron chi connectivity index (χ2n) is 5.43. The zero-order valence-electron chi connectivity index (χ0n) is 11.2. The normalized spacial score (nSPS) is 24.6. The van der Waals surface area contributed by atoms with Crippen molar-refractivity contribution in [2.75, 3.05) is 33.0 Å². The lowest BCUT2D eigenvalue weighted by atomic mass is 10.1. The van der Waals surface area contributed by atoms with Crippen molar-refractivity contribution in [3.05, 3.63) is 0 Å². The SMILES string of the molecule is O=C(NCCCOC[C@H]1CCOC1)C1CCCC1. The summed E-state index contributed by atoms with van der Waals surface area (Å²) >= 11 is 0. The molecule has 1 aliphatic heterocycles. The van der Waals surface area contributed by atoms with Crippen LogP contribution in [-0.2, 0) is 14.3 Å². The third-order valence-corrected chi connectivity index (χ3v) is 3.87. The first-order valence-electron chi connectivity index (χ1n) is 7.29. The highest BCUT2D eigenvalue weighted by Gasteiger charge is 2.21. The fraction of sp³-hybridized carbons (Fsp3) is 0.929. The fourth-order valence-corrected chi connectivity index (χ4v) is 2.68. The number of carbonyl (C=O) groups excluding carboxylic acids is 1. The van der Waals surface area contributed by atoms with Gasteiger partial charge in [-0.05, 0) is 25.7 Å². The summed E-state index contributed by atoms with van der Waals surface area (Å²) in [5.41, 5.74) is 0. The van der Waals surface area contributed by atoms with Crippen LogP contribution in [0.1, 0.15) is 38.5 Å². The van der Waals surface area contributed by atoms with Crippen LogP contribution < -0.4 is 5.32 Å². The Kier molecular flexibility index (Phi) is 5.94. The zero-order valence-corrected chi connectivity index (χ0v) is 11.2. The van der Waals surface area contributed by atoms with Gasteiger partial charge in [-0.2, -0.15) is 0 Å². The van der Waals surface area contributed by atoms with Gasteiger partial charge in [0.05, 0.1) is 13.2 Å². The van der Waals surface area contributed by atoms with Crippen LogP contribution in [0.5, 0.6) is 0 Å². The molecule has 2 rings (SSSR count). The maximum atomic E-state index is 11.7. The van der Waals surface area contributed by atoms with Crippen LogP contribution >= 0.6 is 0 Å². The van der Waals surface area contributed by atoms with Crippen LogP contribution in [-0.4, -0.2) is 38.9 Å². The average molecular weight is 255 g/mol. The molecule has 18 heavy (non-hydrogen) atoms. The molecule has 4 heteroatoms. The molecule has 1 amide bonds. The number of ether oxygens (including phenoxy) is 2. The second kappa shape index (κ2) is 7.74. The first-order chi connectivity index (χ1) is 8.86. The number of hydrogen-bond acceptors (Lipinski definition) is 3. The Balaban J connectivity index is 1.42. The molecule has 1 saturated heterocycles. The second-order valence-corrected chi connectivity index (χ2v) is 5.43. The number of nitrogens with one attached hydrogen (secondary N) is 1. The van der Waals surface area contributed by atoms with Gasteiger partial charge in [-0.1, -0.05) is 12.8 Å². The van der Waals surface area contributed by atoms with Gasteiger partial charge in [-0.3, -0.25) is 4.79 Å². The molecule has 104 valence electrons. The van der Waals surface area contributed by atoms with Crippen molar-refractivity contribution < 1.29 is 14.3 Å². The average Bonchev–Trinajstić information content (AvgIpc) is 3.05. The number of hydrogen-bond donors (Lipinski definition) is 1. The maximum absolute atomic E-state index is 11.7. The molecule has 0 radical (unpaired) electrons. The van der Waals surface area contributed by atoms with E-state index in [4.69, 9.17) is 9.47 Å². The summed E-state index contributed by atoms with van der Waals surface area (Å²) in [7, 11) is 0. The lowest BCUT2D eigenvalue weighted by Crippen LogP contribution is -2.30. The molecule has 1 aliphatic carbocycles. The quantitative estimate of drug-likeness (QED) is 0.705. The van der Waals surface area contributed by atoms with Crippen LogP contribution in [0.25, 0.3) is 0 Å². The lowest BCUT2D eigenvalue weighted by Gasteiger charge is -2.11. The molecule has 0 aromatic heterocycles. The molecule has 2 fully saturated rings. The van der Waals surface area contributed by atoms with Gasteiger partial charge in [0, 0.05) is 31.6 Å². The lowest BCUT2D eigenvalue weighted by molar-refractivity contribution is -0.124. The van der Waals surface area contributed by atoms with E-state index in [1.807, 2.05) is 0 Å². The van der Waals surface area contributed by atoms with E-state index in [0.717, 1.165) is 58.7 Å². The Hall–Kier alpha value is -0.610. The molecule has 0 aromatic rings. The van der Waals surface area contributed by atoms with E-state index in [1.54, 1.807) is 0 Å². The predicted octanol–water partition coefficient (Wildman–Crippen LogP) is 1.74. The smallest absolute Gasteiger partial charge is 0.223 e. The van der Waals surface area contributed by atoms with Gasteiger partial charge in [-0.25, -0.2) is 0 Å². The minimum Gasteiger partial charge on any atom is -0.381 e. The van der Waals surface area contributed by atoms with E-state index in [0.29, 0.717) is 5.92 Å². The molecule has 2 aliphatic rings. The highest BCUT2D eigenvalue weighted by molar-refractivity contribution is 5.78. The van der Waals surface area contributed by atoms with Crippen molar-refractivity contribution >= 4 is 5.91 Å². The van der Waals surface area contributed by atoms with E-state index in [-0.39, 0.29) is 11.8 Å². The molecule has 1 heterocycles. The molecule has 1 atom stereocenters. The Labute approximate surface area is 109 Å². The Morgan fingerprint density at radius 1 is 1.28 bits per heavy atom. The summed E-state index contributed by atoms with van der Waals surface area (Å²) in [5, 5.41) is 3.01. The molecular formula is C14H25NO3. The number of amides is 1. The Morgan fingerprint density at radius 3 is 2.83 bits per heavy atom. The Morgan fingerprint density at radius 2 is 2.11 bits per heavy atom. The molecule has 1 saturated carbocycles. The molecule has 0 spiro atoms. The van der Waals surface area contributed by atoms with Crippen molar-refractivity contribution in [3.63, 3.8) is 0 Å². The van der Waals surface area contributed by atoms with E-state index in [9.17, 15) is 4.79 Å². The van der Waals surface area contributed by atoms with Crippen LogP contribution in [0.3, 0.4) is 0 Å². The van der Waals surface area contributed by atoms with Gasteiger partial charge in [0.25, 0.3) is 0 Å². The minimum atomic E-state index is 0.247. The van der Waals surface area contributed by atoms with Crippen molar-refractivity contribution in [3.8, 4) is 0 Å². The van der Waals surface area contributed by atoms with Crippen molar-refractivity contribution in [2.24, 2.45) is 11.8 Å². The van der Waals surface area contributed by atoms with Gasteiger partial charge in [0.15, 0.2) is 0 Å². The minimum absolute atomic E-state index is 0.247. The van der Waals surface area contributed by atoms with Gasteiger partial charge in [0.2, 0.25) is 5.91 Å². The molecule has 0 aromatic carbocycles. The van der Waals surface area contributed by atoms with Crippen molar-refractivity contribution in [2.45, 2.75) is 38.5 Å². The maximum Gasteiger partial charge on any atom is 0.223 e. The van der Waals surface area contributed by atoms with E-state index >= 15 is 0 Å². The standard InChI is InChI=1S/C14H25NO3/c16-14(13-4-1-2-5-13)15-7-3-8-17-10-12-6-9-18-11-12/h12-13H,1-11H2,(H,15,16)/t12-/m1/s1. The van der Waals surface area contributed by atoms with Gasteiger partial charge < -0.3 is 14.8 Å². The first-order valence-corrected chi connectivity index (χ1v) is 7.29. The van der Waals surface area contributed by atoms with Gasteiger partial charge >= 0.3 is 0 Å². The molecule has 4 nitrogen and oxygen atoms in total. The number of rotatable bonds is 7. The third kappa shape index (κ3) is 4.58. The molecule has 0 unspecified atom stereocenters. The van der Waals surface area contributed by atoms with E-state index in [1.165, 1.54) is 12.8 Å². The largest absolute Gasteiger partial charge is 0.381 e. The molecule has 1 N–H and O–H groups in total. The highest BCUT2D eigenvalue weighted by atomic mass is 16.5. The summed E-state index contributed by atoms with van der Waals surface area (Å²) in [6.07, 6.45) is 6.60. The van der Waals surface area contributed by atoms with Crippen LogP contribution in [0.15, 0.2) is 0 Å². The fourth-order valence-electron chi connectivity index (χ4n) is 2.68. The summed E-state index contributed by atoms with van der Waals surface area (Å²) < 4.78 is 10.9. The van der Waals surface area contributed by atoms with Gasteiger partial charge in [-0.15, -0.1) is 0 Å². The van der Waals surface area contributed by atoms with Gasteiger partial charge in [0.1, 0.15) is 0 Å². The van der Waals surface area contributed by atoms with E-state index in [2.05, 4.69) is 5.32 Å². The molecule has 0 bridgehead atoms. The molecular weight excluding hydrogens is 230 g/mol. The van der Waals surface area contributed by atoms with Crippen molar-refractivity contribution in [1.29, 1.82) is 0 Å². The summed E-state index contributed by atoms with van der Waals surface area (Å²) in [5.74, 6) is 1.11. The summed E-state index contributed by atoms with van der Waals surface area (Å²) in [4.78, 5) is 11.7. The van der Waals surface area contributed by atoms with Crippen LogP contribution in [0, 0.1) is 11.8 Å². The number of carbonyl (C=O) groups is 1. The summed E-state index contributed by atoms with van der Waals surface area (Å²) in [6, 6.07) is 0. The van der Waals surface area contributed by atoms with Crippen LogP contribution in [0.2, 0.25) is 0 Å². The van der Waals surface area contributed by atoms with Crippen molar-refractivity contribution in [1.82, 2.24) is 5.32 Å². The third-order valence-electron chi connectivity index (χ3n) is 3.87.